The van der Waals surface area contributed by atoms with Crippen molar-refractivity contribution in [2.45, 2.75) is 12.6 Å². The van der Waals surface area contributed by atoms with Gasteiger partial charge in [-0.05, 0) is 20.2 Å². The molecular weight excluding hydrogens is 353 g/mol. The quantitative estimate of drug-likeness (QED) is 0.608. The smallest absolute Gasteiger partial charge is 0.0996 e. The minimum absolute atomic E-state index is 0.363. The number of hydrazine groups is 1. The molecule has 21 heavy (non-hydrogen) atoms. The first-order valence-electron chi connectivity index (χ1n) is 6.20. The van der Waals surface area contributed by atoms with Gasteiger partial charge in [0.2, 0.25) is 0 Å². The number of thiophene rings is 1. The van der Waals surface area contributed by atoms with E-state index in [9.17, 15) is 0 Å². The number of likely N-dealkylation sites (N-methyl/N-ethyl adjacent to an activating group) is 1. The van der Waals surface area contributed by atoms with Gasteiger partial charge in [-0.15, -0.1) is 11.3 Å². The van der Waals surface area contributed by atoms with Gasteiger partial charge < -0.3 is 4.90 Å². The molecule has 2 aromatic heterocycles. The first-order valence-corrected chi connectivity index (χ1v) is 8.15. The Hall–Kier alpha value is -0.340. The fourth-order valence-electron chi connectivity index (χ4n) is 2.00. The standard InChI is InChI=1S/C12H16Cl3N5S/c1-19(2)3-4-20-11(8(13)6-17-20)10(18-16)7-5-9(14)21-12(7)15/h5-6,10,18H,3-4,16H2,1-2H3. The second kappa shape index (κ2) is 7.28. The zero-order valence-electron chi connectivity index (χ0n) is 11.6. The minimum atomic E-state index is -0.363. The molecule has 0 bridgehead atoms. The van der Waals surface area contributed by atoms with Crippen molar-refractivity contribution in [1.82, 2.24) is 20.1 Å². The van der Waals surface area contributed by atoms with Crippen LogP contribution in [0.15, 0.2) is 12.3 Å². The number of hydrogen-bond donors (Lipinski definition) is 2. The van der Waals surface area contributed by atoms with Crippen LogP contribution in [0.4, 0.5) is 0 Å². The van der Waals surface area contributed by atoms with E-state index >= 15 is 0 Å². The van der Waals surface area contributed by atoms with E-state index in [1.807, 2.05) is 18.8 Å². The third kappa shape index (κ3) is 3.90. The Kier molecular flexibility index (Phi) is 5.90. The van der Waals surface area contributed by atoms with Gasteiger partial charge in [0.1, 0.15) is 0 Å². The zero-order chi connectivity index (χ0) is 15.6. The highest BCUT2D eigenvalue weighted by atomic mass is 35.5. The van der Waals surface area contributed by atoms with E-state index in [-0.39, 0.29) is 6.04 Å². The lowest BCUT2D eigenvalue weighted by Gasteiger charge is -2.19. The summed E-state index contributed by atoms with van der Waals surface area (Å²) in [4.78, 5) is 2.07. The van der Waals surface area contributed by atoms with Gasteiger partial charge >= 0.3 is 0 Å². The van der Waals surface area contributed by atoms with Crippen LogP contribution >= 0.6 is 46.1 Å². The molecule has 0 aromatic carbocycles. The highest BCUT2D eigenvalue weighted by molar-refractivity contribution is 7.20. The van der Waals surface area contributed by atoms with Crippen LogP contribution in [0.25, 0.3) is 0 Å². The molecule has 0 amide bonds. The summed E-state index contributed by atoms with van der Waals surface area (Å²) < 4.78 is 3.01. The molecule has 3 N–H and O–H groups in total. The fourth-order valence-corrected chi connectivity index (χ4v) is 3.78. The van der Waals surface area contributed by atoms with E-state index < -0.39 is 0 Å². The largest absolute Gasteiger partial charge is 0.308 e. The Labute approximate surface area is 142 Å². The van der Waals surface area contributed by atoms with Crippen molar-refractivity contribution in [3.63, 3.8) is 0 Å². The number of rotatable bonds is 6. The Morgan fingerprint density at radius 2 is 2.14 bits per heavy atom. The number of hydrogen-bond acceptors (Lipinski definition) is 5. The lowest BCUT2D eigenvalue weighted by atomic mass is 10.1. The molecule has 0 aliphatic heterocycles. The summed E-state index contributed by atoms with van der Waals surface area (Å²) in [5.74, 6) is 5.71. The van der Waals surface area contributed by atoms with Gasteiger partial charge in [-0.1, -0.05) is 34.8 Å². The molecule has 0 spiro atoms. The molecule has 0 radical (unpaired) electrons. The molecular formula is C12H16Cl3N5S. The average Bonchev–Trinajstić information content (AvgIpc) is 2.93. The molecule has 9 heteroatoms. The van der Waals surface area contributed by atoms with Crippen LogP contribution in [0, 0.1) is 0 Å². The van der Waals surface area contributed by atoms with Gasteiger partial charge in [-0.2, -0.15) is 5.10 Å². The van der Waals surface area contributed by atoms with Gasteiger partial charge in [-0.25, -0.2) is 5.43 Å². The molecule has 0 aliphatic rings. The van der Waals surface area contributed by atoms with Crippen LogP contribution in [0.1, 0.15) is 17.3 Å². The highest BCUT2D eigenvalue weighted by Gasteiger charge is 2.24. The maximum absolute atomic E-state index is 6.28. The van der Waals surface area contributed by atoms with E-state index in [2.05, 4.69) is 15.4 Å². The van der Waals surface area contributed by atoms with Crippen molar-refractivity contribution in [3.05, 3.63) is 37.2 Å². The molecule has 0 saturated heterocycles. The third-order valence-electron chi connectivity index (χ3n) is 3.03. The molecule has 1 unspecified atom stereocenters. The Bertz CT molecular complexity index is 610. The van der Waals surface area contributed by atoms with E-state index in [1.54, 1.807) is 12.3 Å². The van der Waals surface area contributed by atoms with Crippen molar-refractivity contribution in [3.8, 4) is 0 Å². The predicted octanol–water partition coefficient (Wildman–Crippen LogP) is 3.02. The van der Waals surface area contributed by atoms with Crippen molar-refractivity contribution in [2.75, 3.05) is 20.6 Å². The monoisotopic (exact) mass is 367 g/mol. The Morgan fingerprint density at radius 3 is 2.67 bits per heavy atom. The molecule has 116 valence electrons. The van der Waals surface area contributed by atoms with Crippen LogP contribution in [0.2, 0.25) is 13.7 Å². The van der Waals surface area contributed by atoms with Gasteiger partial charge in [-0.3, -0.25) is 10.5 Å². The second-order valence-corrected chi connectivity index (χ2v) is 7.48. The number of aromatic nitrogens is 2. The first kappa shape index (κ1) is 17.0. The third-order valence-corrected chi connectivity index (χ3v) is 4.84. The number of nitrogens with one attached hydrogen (secondary N) is 1. The lowest BCUT2D eigenvalue weighted by molar-refractivity contribution is 0.365. The molecule has 1 atom stereocenters. The van der Waals surface area contributed by atoms with Crippen LogP contribution in [-0.2, 0) is 6.54 Å². The lowest BCUT2D eigenvalue weighted by Crippen LogP contribution is -2.31. The molecule has 0 saturated carbocycles. The normalized spacial score (nSPS) is 13.1. The van der Waals surface area contributed by atoms with Gasteiger partial charge in [0.15, 0.2) is 0 Å². The predicted molar refractivity (Wildman–Crippen MR) is 89.3 cm³/mol. The SMILES string of the molecule is CN(C)CCn1ncc(Cl)c1C(NN)c1cc(Cl)sc1Cl. The first-order chi connectivity index (χ1) is 9.93. The second-order valence-electron chi connectivity index (χ2n) is 4.78. The molecule has 5 nitrogen and oxygen atoms in total. The summed E-state index contributed by atoms with van der Waals surface area (Å²) in [5, 5.41) is 4.85. The molecule has 2 heterocycles. The molecule has 2 rings (SSSR count). The van der Waals surface area contributed by atoms with Crippen LogP contribution in [0.5, 0.6) is 0 Å². The van der Waals surface area contributed by atoms with Crippen molar-refractivity contribution in [1.29, 1.82) is 0 Å². The van der Waals surface area contributed by atoms with Crippen molar-refractivity contribution < 1.29 is 0 Å². The number of nitrogens with two attached hydrogens (primary N) is 1. The van der Waals surface area contributed by atoms with E-state index in [1.165, 1.54) is 11.3 Å². The Morgan fingerprint density at radius 1 is 1.43 bits per heavy atom. The Balaban J connectivity index is 2.38. The van der Waals surface area contributed by atoms with E-state index in [0.717, 1.165) is 17.8 Å². The maximum atomic E-state index is 6.28. The summed E-state index contributed by atoms with van der Waals surface area (Å²) in [5.41, 5.74) is 4.32. The summed E-state index contributed by atoms with van der Waals surface area (Å²) in [7, 11) is 4.00. The van der Waals surface area contributed by atoms with E-state index in [0.29, 0.717) is 20.2 Å². The molecule has 2 aromatic rings. The zero-order valence-corrected chi connectivity index (χ0v) is 14.7. The van der Waals surface area contributed by atoms with Crippen LogP contribution in [0.3, 0.4) is 0 Å². The highest BCUT2D eigenvalue weighted by Crippen LogP contribution is 2.38. The summed E-state index contributed by atoms with van der Waals surface area (Å²) >= 11 is 19.8. The summed E-state index contributed by atoms with van der Waals surface area (Å²) in [6.07, 6.45) is 1.61. The molecule has 0 fully saturated rings. The maximum Gasteiger partial charge on any atom is 0.0996 e. The topological polar surface area (TPSA) is 59.1 Å². The van der Waals surface area contributed by atoms with Crippen molar-refractivity contribution >= 4 is 46.1 Å². The number of halogens is 3. The average molecular weight is 369 g/mol. The summed E-state index contributed by atoms with van der Waals surface area (Å²) in [6, 6.07) is 1.43. The van der Waals surface area contributed by atoms with E-state index in [4.69, 9.17) is 40.6 Å². The fraction of sp³-hybridized carbons (Fsp3) is 0.417. The minimum Gasteiger partial charge on any atom is -0.308 e. The van der Waals surface area contributed by atoms with Gasteiger partial charge in [0.05, 0.1) is 38.2 Å². The number of nitrogens with zero attached hydrogens (tertiary/aromatic N) is 3. The molecule has 0 aliphatic carbocycles. The van der Waals surface area contributed by atoms with Crippen LogP contribution < -0.4 is 11.3 Å². The summed E-state index contributed by atoms with van der Waals surface area (Å²) in [6.45, 7) is 1.53. The van der Waals surface area contributed by atoms with Gasteiger partial charge in [0, 0.05) is 12.1 Å². The van der Waals surface area contributed by atoms with Crippen LogP contribution in [-0.4, -0.2) is 35.3 Å². The van der Waals surface area contributed by atoms with Crippen molar-refractivity contribution in [2.24, 2.45) is 5.84 Å². The van der Waals surface area contributed by atoms with Gasteiger partial charge in [0.25, 0.3) is 0 Å².